The molecule has 1 heterocycles. The minimum absolute atomic E-state index is 0.0262. The lowest BCUT2D eigenvalue weighted by Gasteiger charge is -2.18. The highest BCUT2D eigenvalue weighted by atomic mass is 35.5. The fraction of sp³-hybridized carbons (Fsp3) is 0.294. The summed E-state index contributed by atoms with van der Waals surface area (Å²) in [5.41, 5.74) is 6.78. The Morgan fingerprint density at radius 1 is 1.33 bits per heavy atom. The molecule has 1 aromatic carbocycles. The lowest BCUT2D eigenvalue weighted by atomic mass is 10.0. The van der Waals surface area contributed by atoms with Crippen molar-refractivity contribution < 1.29 is 19.3 Å². The van der Waals surface area contributed by atoms with E-state index in [1.54, 1.807) is 19.9 Å². The van der Waals surface area contributed by atoms with E-state index in [2.05, 4.69) is 0 Å². The zero-order valence-corrected chi connectivity index (χ0v) is 14.1. The number of aromatic hydroxyl groups is 2. The van der Waals surface area contributed by atoms with E-state index in [1.807, 2.05) is 6.08 Å². The van der Waals surface area contributed by atoms with Crippen molar-refractivity contribution in [3.05, 3.63) is 34.1 Å². The van der Waals surface area contributed by atoms with Gasteiger partial charge < -0.3 is 20.7 Å². The molecule has 7 heteroatoms. The van der Waals surface area contributed by atoms with E-state index in [1.165, 1.54) is 0 Å². The van der Waals surface area contributed by atoms with Gasteiger partial charge in [0, 0.05) is 11.1 Å². The van der Waals surface area contributed by atoms with Gasteiger partial charge in [-0.25, -0.2) is 8.96 Å². The summed E-state index contributed by atoms with van der Waals surface area (Å²) in [6.07, 6.45) is 4.61. The summed E-state index contributed by atoms with van der Waals surface area (Å²) in [7, 11) is 0. The number of fused-ring (bicyclic) bond motifs is 1. The Morgan fingerprint density at radius 2 is 2.04 bits per heavy atom. The summed E-state index contributed by atoms with van der Waals surface area (Å²) in [6, 6.07) is 1.05. The van der Waals surface area contributed by atoms with Crippen molar-refractivity contribution in [1.82, 2.24) is 4.57 Å². The number of rotatable bonds is 3. The first-order valence-corrected chi connectivity index (χ1v) is 7.97. The molecule has 0 atom stereocenters. The van der Waals surface area contributed by atoms with E-state index >= 15 is 0 Å². The van der Waals surface area contributed by atoms with Gasteiger partial charge in [0.25, 0.3) is 0 Å². The first-order valence-electron chi connectivity index (χ1n) is 7.59. The number of nitrogens with two attached hydrogens (primary N) is 1. The molecule has 24 heavy (non-hydrogen) atoms. The zero-order valence-electron chi connectivity index (χ0n) is 13.3. The Labute approximate surface area is 143 Å². The normalized spacial score (nSPS) is 13.4. The Hall–Kier alpha value is -2.34. The topological polar surface area (TPSA) is 80.6 Å². The van der Waals surface area contributed by atoms with E-state index in [0.717, 1.165) is 17.1 Å². The number of aromatic nitrogens is 1. The third-order valence-electron chi connectivity index (χ3n) is 3.88. The van der Waals surface area contributed by atoms with Gasteiger partial charge in [-0.2, -0.15) is 0 Å². The second-order valence-electron chi connectivity index (χ2n) is 5.91. The third kappa shape index (κ3) is 2.47. The summed E-state index contributed by atoms with van der Waals surface area (Å²) >= 11 is 6.03. The van der Waals surface area contributed by atoms with Crippen LogP contribution in [0.25, 0.3) is 11.8 Å². The molecule has 0 unspecified atom stereocenters. The van der Waals surface area contributed by atoms with Gasteiger partial charge in [0.1, 0.15) is 11.4 Å². The minimum Gasteiger partial charge on any atom is -0.494 e. The van der Waals surface area contributed by atoms with Crippen molar-refractivity contribution >= 4 is 23.4 Å². The standard InChI is InChI=1S/C17H18ClFN2O3/c1-8(2)24-15-11(18)7-12(19)14(13(15)20)21-16(22)9-5-3-4-6-10(9)17(21)23/h3,5,7-8,22-23H,4,6,20H2,1-2H3. The van der Waals surface area contributed by atoms with Crippen LogP contribution in [-0.2, 0) is 6.42 Å². The molecule has 1 aromatic heterocycles. The van der Waals surface area contributed by atoms with E-state index in [9.17, 15) is 14.6 Å². The van der Waals surface area contributed by atoms with Gasteiger partial charge in [0.05, 0.1) is 11.1 Å². The maximum Gasteiger partial charge on any atom is 0.206 e. The van der Waals surface area contributed by atoms with Crippen LogP contribution in [0, 0.1) is 5.82 Å². The van der Waals surface area contributed by atoms with Gasteiger partial charge >= 0.3 is 0 Å². The van der Waals surface area contributed by atoms with Crippen molar-refractivity contribution in [2.24, 2.45) is 0 Å². The largest absolute Gasteiger partial charge is 0.494 e. The van der Waals surface area contributed by atoms with Crippen LogP contribution >= 0.6 is 11.6 Å². The second kappa shape index (κ2) is 5.94. The van der Waals surface area contributed by atoms with Crippen LogP contribution < -0.4 is 10.5 Å². The van der Waals surface area contributed by atoms with Crippen LogP contribution in [0.15, 0.2) is 12.1 Å². The number of halogens is 2. The quantitative estimate of drug-likeness (QED) is 0.729. The van der Waals surface area contributed by atoms with E-state index in [-0.39, 0.29) is 40.0 Å². The minimum atomic E-state index is -0.768. The van der Waals surface area contributed by atoms with Crippen molar-refractivity contribution in [1.29, 1.82) is 0 Å². The molecular formula is C17H18ClFN2O3. The van der Waals surface area contributed by atoms with Gasteiger partial charge in [0.2, 0.25) is 11.8 Å². The number of anilines is 1. The molecule has 0 radical (unpaired) electrons. The lowest BCUT2D eigenvalue weighted by Crippen LogP contribution is -2.11. The van der Waals surface area contributed by atoms with Gasteiger partial charge in [-0.05, 0) is 32.8 Å². The van der Waals surface area contributed by atoms with Gasteiger partial charge in [-0.3, -0.25) is 0 Å². The monoisotopic (exact) mass is 352 g/mol. The first kappa shape index (κ1) is 16.5. The fourth-order valence-electron chi connectivity index (χ4n) is 2.87. The summed E-state index contributed by atoms with van der Waals surface area (Å²) < 4.78 is 21.1. The van der Waals surface area contributed by atoms with Gasteiger partial charge in [-0.1, -0.05) is 23.8 Å². The van der Waals surface area contributed by atoms with Crippen LogP contribution in [0.2, 0.25) is 5.02 Å². The predicted octanol–water partition coefficient (Wildman–Crippen LogP) is 4.01. The molecule has 0 amide bonds. The van der Waals surface area contributed by atoms with Crippen LogP contribution in [0.4, 0.5) is 10.1 Å². The number of benzene rings is 1. The maximum absolute atomic E-state index is 14.6. The number of nitrogens with zero attached hydrogens (tertiary/aromatic N) is 1. The molecule has 0 fully saturated rings. The molecule has 0 saturated heterocycles. The maximum atomic E-state index is 14.6. The number of hydrogen-bond acceptors (Lipinski definition) is 4. The SMILES string of the molecule is CC(C)Oc1c(Cl)cc(F)c(-n2c(O)c3c(c2O)CCC=C3)c1N. The molecule has 0 aliphatic heterocycles. The molecule has 3 rings (SSSR count). The molecule has 2 aromatic rings. The lowest BCUT2D eigenvalue weighted by molar-refractivity contribution is 0.243. The Bertz CT molecular complexity index is 843. The summed E-state index contributed by atoms with van der Waals surface area (Å²) in [6.45, 7) is 3.57. The predicted molar refractivity (Wildman–Crippen MR) is 91.6 cm³/mol. The molecule has 1 aliphatic carbocycles. The van der Waals surface area contributed by atoms with Crippen LogP contribution in [-0.4, -0.2) is 20.9 Å². The molecule has 0 bridgehead atoms. The number of allylic oxidation sites excluding steroid dienone is 1. The smallest absolute Gasteiger partial charge is 0.206 e. The Morgan fingerprint density at radius 3 is 2.67 bits per heavy atom. The fourth-order valence-corrected chi connectivity index (χ4v) is 3.11. The summed E-state index contributed by atoms with van der Waals surface area (Å²) in [5.74, 6) is -1.17. The van der Waals surface area contributed by atoms with E-state index in [4.69, 9.17) is 22.1 Å². The average molecular weight is 353 g/mol. The second-order valence-corrected chi connectivity index (χ2v) is 6.32. The van der Waals surface area contributed by atoms with Gasteiger partial charge in [-0.15, -0.1) is 0 Å². The van der Waals surface area contributed by atoms with Gasteiger partial charge in [0.15, 0.2) is 11.6 Å². The molecular weight excluding hydrogens is 335 g/mol. The summed E-state index contributed by atoms with van der Waals surface area (Å²) in [4.78, 5) is 0. The molecule has 0 saturated carbocycles. The van der Waals surface area contributed by atoms with Crippen molar-refractivity contribution in [2.45, 2.75) is 32.8 Å². The van der Waals surface area contributed by atoms with E-state index in [0.29, 0.717) is 17.5 Å². The highest BCUT2D eigenvalue weighted by Crippen LogP contribution is 2.45. The first-order chi connectivity index (χ1) is 11.3. The van der Waals surface area contributed by atoms with Crippen LogP contribution in [0.3, 0.4) is 0 Å². The Kier molecular flexibility index (Phi) is 4.09. The molecule has 128 valence electrons. The number of ether oxygens (including phenoxy) is 1. The molecule has 0 spiro atoms. The van der Waals surface area contributed by atoms with Crippen molar-refractivity contribution in [3.8, 4) is 23.2 Å². The highest BCUT2D eigenvalue weighted by molar-refractivity contribution is 6.32. The van der Waals surface area contributed by atoms with Crippen molar-refractivity contribution in [3.63, 3.8) is 0 Å². The van der Waals surface area contributed by atoms with Crippen LogP contribution in [0.5, 0.6) is 17.5 Å². The third-order valence-corrected chi connectivity index (χ3v) is 4.16. The Balaban J connectivity index is 2.28. The summed E-state index contributed by atoms with van der Waals surface area (Å²) in [5, 5.41) is 21.0. The highest BCUT2D eigenvalue weighted by Gasteiger charge is 2.28. The van der Waals surface area contributed by atoms with Crippen LogP contribution in [0.1, 0.15) is 31.4 Å². The number of nitrogen functional groups attached to an aromatic ring is 1. The average Bonchev–Trinajstić information content (AvgIpc) is 2.77. The number of hydrogen-bond donors (Lipinski definition) is 3. The molecule has 1 aliphatic rings. The zero-order chi connectivity index (χ0) is 17.6. The molecule has 5 nitrogen and oxygen atoms in total. The van der Waals surface area contributed by atoms with E-state index < -0.39 is 5.82 Å². The van der Waals surface area contributed by atoms with Crippen molar-refractivity contribution in [2.75, 3.05) is 5.73 Å². The molecule has 4 N–H and O–H groups in total.